The lowest BCUT2D eigenvalue weighted by Gasteiger charge is -2.45. The van der Waals surface area contributed by atoms with Gasteiger partial charge < -0.3 is 14.5 Å². The lowest BCUT2D eigenvalue weighted by atomic mass is 9.72. The summed E-state index contributed by atoms with van der Waals surface area (Å²) in [5.74, 6) is 1.33. The molecule has 1 saturated heterocycles. The summed E-state index contributed by atoms with van der Waals surface area (Å²) in [6.45, 7) is 2.25. The van der Waals surface area contributed by atoms with E-state index in [1.165, 1.54) is 35.9 Å². The molecular formula is C19H22N4. The fourth-order valence-electron chi connectivity index (χ4n) is 4.88. The standard InChI is InChI=1S/C19H22N4/c1-22-10-13(11-23-6-5-20-12-23)7-16-15-3-2-4-17-19(15)14(9-21-17)8-18(16)22/h2-6,9,12-13,16,18,21H,7-8,10-11H2,1H3/t13-,16?,18+/m0/s1. The van der Waals surface area contributed by atoms with Crippen LogP contribution in [0.2, 0.25) is 0 Å². The Balaban J connectivity index is 1.52. The van der Waals surface area contributed by atoms with Gasteiger partial charge in [0.1, 0.15) is 0 Å². The van der Waals surface area contributed by atoms with Crippen LogP contribution in [-0.4, -0.2) is 39.1 Å². The summed E-state index contributed by atoms with van der Waals surface area (Å²) in [6, 6.07) is 7.41. The molecule has 0 radical (unpaired) electrons. The molecule has 4 nitrogen and oxygen atoms in total. The number of hydrogen-bond acceptors (Lipinski definition) is 2. The quantitative estimate of drug-likeness (QED) is 0.790. The number of imidazole rings is 1. The van der Waals surface area contributed by atoms with Gasteiger partial charge in [-0.2, -0.15) is 0 Å². The van der Waals surface area contributed by atoms with Gasteiger partial charge in [0.05, 0.1) is 6.33 Å². The Morgan fingerprint density at radius 1 is 1.35 bits per heavy atom. The van der Waals surface area contributed by atoms with Crippen molar-refractivity contribution in [3.8, 4) is 0 Å². The highest BCUT2D eigenvalue weighted by atomic mass is 15.2. The number of hydrogen-bond donors (Lipinski definition) is 1. The van der Waals surface area contributed by atoms with Gasteiger partial charge in [0, 0.05) is 54.5 Å². The van der Waals surface area contributed by atoms with Crippen LogP contribution in [-0.2, 0) is 13.0 Å². The zero-order valence-corrected chi connectivity index (χ0v) is 13.4. The second-order valence-corrected chi connectivity index (χ2v) is 7.26. The summed E-state index contributed by atoms with van der Waals surface area (Å²) in [7, 11) is 2.30. The maximum atomic E-state index is 4.19. The fraction of sp³-hybridized carbons (Fsp3) is 0.421. The normalized spacial score (nSPS) is 27.3. The van der Waals surface area contributed by atoms with Crippen LogP contribution < -0.4 is 0 Å². The molecule has 3 heterocycles. The Hall–Kier alpha value is -2.07. The van der Waals surface area contributed by atoms with E-state index in [1.54, 1.807) is 5.56 Å². The number of fused-ring (bicyclic) bond motifs is 2. The van der Waals surface area contributed by atoms with E-state index in [9.17, 15) is 0 Å². The summed E-state index contributed by atoms with van der Waals surface area (Å²) in [6.07, 6.45) is 10.6. The Morgan fingerprint density at radius 2 is 2.30 bits per heavy atom. The van der Waals surface area contributed by atoms with Crippen LogP contribution in [0.1, 0.15) is 23.5 Å². The molecule has 1 aliphatic heterocycles. The Kier molecular flexibility index (Phi) is 2.89. The minimum Gasteiger partial charge on any atom is -0.361 e. The van der Waals surface area contributed by atoms with Gasteiger partial charge in [0.15, 0.2) is 0 Å². The number of H-pyrrole nitrogens is 1. The number of nitrogens with one attached hydrogen (secondary N) is 1. The predicted molar refractivity (Wildman–Crippen MR) is 91.5 cm³/mol. The second-order valence-electron chi connectivity index (χ2n) is 7.26. The average molecular weight is 306 g/mol. The number of likely N-dealkylation sites (N-methyl/N-ethyl adjacent to an activating group) is 1. The summed E-state index contributed by atoms with van der Waals surface area (Å²) in [5.41, 5.74) is 4.35. The van der Waals surface area contributed by atoms with Crippen LogP contribution in [0.4, 0.5) is 0 Å². The highest BCUT2D eigenvalue weighted by Gasteiger charge is 2.39. The third kappa shape index (κ3) is 2.05. The van der Waals surface area contributed by atoms with Crippen molar-refractivity contribution in [2.45, 2.75) is 31.3 Å². The lowest BCUT2D eigenvalue weighted by Crippen LogP contribution is -2.48. The summed E-state index contributed by atoms with van der Waals surface area (Å²) < 4.78 is 2.23. The number of nitrogens with zero attached hydrogens (tertiary/aromatic N) is 3. The maximum absolute atomic E-state index is 4.19. The highest BCUT2D eigenvalue weighted by Crippen LogP contribution is 2.44. The Labute approximate surface area is 136 Å². The first-order valence-electron chi connectivity index (χ1n) is 8.54. The van der Waals surface area contributed by atoms with Crippen LogP contribution >= 0.6 is 0 Å². The smallest absolute Gasteiger partial charge is 0.0946 e. The van der Waals surface area contributed by atoms with Gasteiger partial charge in [-0.15, -0.1) is 0 Å². The molecule has 0 spiro atoms. The number of benzene rings is 1. The molecular weight excluding hydrogens is 284 g/mol. The van der Waals surface area contributed by atoms with Gasteiger partial charge in [0.2, 0.25) is 0 Å². The van der Waals surface area contributed by atoms with Crippen molar-refractivity contribution in [2.75, 3.05) is 13.6 Å². The molecule has 5 rings (SSSR count). The SMILES string of the molecule is CN1C[C@@H](Cn2ccnc2)CC2c3cccc4[nH]cc(c34)C[C@H]21. The number of piperidine rings is 1. The van der Waals surface area contributed by atoms with Crippen LogP contribution in [0.25, 0.3) is 10.9 Å². The zero-order valence-electron chi connectivity index (χ0n) is 13.4. The third-order valence-electron chi connectivity index (χ3n) is 5.84. The van der Waals surface area contributed by atoms with Crippen molar-refractivity contribution in [1.82, 2.24) is 19.4 Å². The molecule has 4 heteroatoms. The molecule has 1 aromatic carbocycles. The van der Waals surface area contributed by atoms with E-state index in [2.05, 4.69) is 57.1 Å². The Morgan fingerprint density at radius 3 is 3.17 bits per heavy atom. The van der Waals surface area contributed by atoms with E-state index in [1.807, 2.05) is 12.5 Å². The van der Waals surface area contributed by atoms with Crippen molar-refractivity contribution < 1.29 is 0 Å². The molecule has 0 amide bonds. The first kappa shape index (κ1) is 13.4. The van der Waals surface area contributed by atoms with Gasteiger partial charge in [-0.05, 0) is 43.0 Å². The monoisotopic (exact) mass is 306 g/mol. The average Bonchev–Trinajstić information content (AvgIpc) is 3.20. The maximum Gasteiger partial charge on any atom is 0.0946 e. The largest absolute Gasteiger partial charge is 0.361 e. The summed E-state index contributed by atoms with van der Waals surface area (Å²) in [4.78, 5) is 10.2. The predicted octanol–water partition coefficient (Wildman–Crippen LogP) is 3.02. The topological polar surface area (TPSA) is 36.9 Å². The van der Waals surface area contributed by atoms with Gasteiger partial charge in [0.25, 0.3) is 0 Å². The van der Waals surface area contributed by atoms with Crippen molar-refractivity contribution >= 4 is 10.9 Å². The molecule has 3 atom stereocenters. The molecule has 3 aromatic rings. The van der Waals surface area contributed by atoms with Crippen LogP contribution in [0.3, 0.4) is 0 Å². The number of aromatic amines is 1. The number of likely N-dealkylation sites (tertiary alicyclic amines) is 1. The molecule has 1 fully saturated rings. The van der Waals surface area contributed by atoms with Gasteiger partial charge in [-0.1, -0.05) is 12.1 Å². The second kappa shape index (κ2) is 4.96. The van der Waals surface area contributed by atoms with E-state index in [-0.39, 0.29) is 0 Å². The van der Waals surface area contributed by atoms with Gasteiger partial charge >= 0.3 is 0 Å². The Bertz CT molecular complexity index is 832. The van der Waals surface area contributed by atoms with Crippen molar-refractivity contribution in [3.05, 3.63) is 54.2 Å². The molecule has 0 bridgehead atoms. The third-order valence-corrected chi connectivity index (χ3v) is 5.84. The zero-order chi connectivity index (χ0) is 15.4. The van der Waals surface area contributed by atoms with E-state index < -0.39 is 0 Å². The van der Waals surface area contributed by atoms with Gasteiger partial charge in [-0.25, -0.2) is 4.98 Å². The highest BCUT2D eigenvalue weighted by molar-refractivity contribution is 5.88. The number of aromatic nitrogens is 3. The minimum absolute atomic E-state index is 0.642. The van der Waals surface area contributed by atoms with E-state index in [4.69, 9.17) is 0 Å². The first-order chi connectivity index (χ1) is 11.3. The van der Waals surface area contributed by atoms with Crippen molar-refractivity contribution in [2.24, 2.45) is 5.92 Å². The first-order valence-corrected chi connectivity index (χ1v) is 8.54. The van der Waals surface area contributed by atoms with Crippen LogP contribution in [0.15, 0.2) is 43.1 Å². The van der Waals surface area contributed by atoms with Crippen molar-refractivity contribution in [3.63, 3.8) is 0 Å². The molecule has 23 heavy (non-hydrogen) atoms. The molecule has 118 valence electrons. The van der Waals surface area contributed by atoms with Crippen LogP contribution in [0.5, 0.6) is 0 Å². The molecule has 0 saturated carbocycles. The van der Waals surface area contributed by atoms with Gasteiger partial charge in [-0.3, -0.25) is 0 Å². The van der Waals surface area contributed by atoms with E-state index >= 15 is 0 Å². The summed E-state index contributed by atoms with van der Waals surface area (Å²) in [5, 5.41) is 1.49. The van der Waals surface area contributed by atoms with E-state index in [0.29, 0.717) is 17.9 Å². The van der Waals surface area contributed by atoms with Crippen molar-refractivity contribution in [1.29, 1.82) is 0 Å². The number of rotatable bonds is 2. The molecule has 1 aliphatic carbocycles. The molecule has 1 unspecified atom stereocenters. The van der Waals surface area contributed by atoms with Crippen LogP contribution in [0, 0.1) is 5.92 Å². The molecule has 2 aliphatic rings. The van der Waals surface area contributed by atoms with E-state index in [0.717, 1.165) is 6.54 Å². The fourth-order valence-corrected chi connectivity index (χ4v) is 4.88. The summed E-state index contributed by atoms with van der Waals surface area (Å²) >= 11 is 0. The lowest BCUT2D eigenvalue weighted by molar-refractivity contribution is 0.103. The molecule has 2 aromatic heterocycles. The minimum atomic E-state index is 0.642. The molecule has 1 N–H and O–H groups in total.